The zero-order valence-corrected chi connectivity index (χ0v) is 14.3. The van der Waals surface area contributed by atoms with Crippen molar-refractivity contribution in [3.05, 3.63) is 28.8 Å². The van der Waals surface area contributed by atoms with Gasteiger partial charge in [-0.05, 0) is 63.7 Å². The molecule has 2 rings (SSSR count). The highest BCUT2D eigenvalue weighted by Crippen LogP contribution is 2.31. The third kappa shape index (κ3) is 4.60. The number of benzene rings is 1. The highest BCUT2D eigenvalue weighted by atomic mass is 35.5. The number of nitrogens with one attached hydrogen (secondary N) is 1. The molecule has 1 atom stereocenters. The van der Waals surface area contributed by atoms with Gasteiger partial charge in [-0.15, -0.1) is 0 Å². The second-order valence-corrected chi connectivity index (χ2v) is 6.64. The first-order chi connectivity index (χ1) is 10.1. The van der Waals surface area contributed by atoms with Crippen LogP contribution in [0.1, 0.15) is 31.7 Å². The van der Waals surface area contributed by atoms with Crippen LogP contribution in [0.25, 0.3) is 0 Å². The molecule has 1 unspecified atom stereocenters. The van der Waals surface area contributed by atoms with Crippen LogP contribution in [-0.2, 0) is 6.54 Å². The van der Waals surface area contributed by atoms with Gasteiger partial charge >= 0.3 is 0 Å². The molecule has 1 saturated heterocycles. The minimum atomic E-state index is 0.617. The third-order valence-corrected chi connectivity index (χ3v) is 4.28. The van der Waals surface area contributed by atoms with Crippen LogP contribution in [0.5, 0.6) is 0 Å². The summed E-state index contributed by atoms with van der Waals surface area (Å²) in [5, 5.41) is 4.33. The summed E-state index contributed by atoms with van der Waals surface area (Å²) < 4.78 is 0. The van der Waals surface area contributed by atoms with Gasteiger partial charge in [0.1, 0.15) is 0 Å². The predicted molar refractivity (Wildman–Crippen MR) is 92.4 cm³/mol. The Labute approximate surface area is 134 Å². The summed E-state index contributed by atoms with van der Waals surface area (Å²) in [5.74, 6) is 0. The number of rotatable bonds is 7. The Morgan fingerprint density at radius 2 is 2.19 bits per heavy atom. The van der Waals surface area contributed by atoms with Crippen molar-refractivity contribution in [1.29, 1.82) is 0 Å². The molecule has 0 aromatic heterocycles. The fourth-order valence-corrected chi connectivity index (χ4v) is 3.33. The number of likely N-dealkylation sites (N-methyl/N-ethyl adjacent to an activating group) is 1. The van der Waals surface area contributed by atoms with Crippen LogP contribution in [0.2, 0.25) is 5.02 Å². The minimum Gasteiger partial charge on any atom is -0.367 e. The first-order valence-corrected chi connectivity index (χ1v) is 8.40. The van der Waals surface area contributed by atoms with E-state index in [0.29, 0.717) is 6.04 Å². The van der Waals surface area contributed by atoms with Crippen LogP contribution in [0.15, 0.2) is 18.2 Å². The summed E-state index contributed by atoms with van der Waals surface area (Å²) in [4.78, 5) is 4.85. The van der Waals surface area contributed by atoms with Gasteiger partial charge < -0.3 is 15.1 Å². The second-order valence-electron chi connectivity index (χ2n) is 6.20. The number of hydrogen-bond acceptors (Lipinski definition) is 3. The summed E-state index contributed by atoms with van der Waals surface area (Å²) in [5.41, 5.74) is 2.67. The molecule has 0 bridgehead atoms. The smallest absolute Gasteiger partial charge is 0.0417 e. The van der Waals surface area contributed by atoms with Crippen LogP contribution in [0, 0.1) is 0 Å². The fraction of sp³-hybridized carbons (Fsp3) is 0.647. The Hall–Kier alpha value is -0.770. The zero-order chi connectivity index (χ0) is 15.2. The van der Waals surface area contributed by atoms with Crippen molar-refractivity contribution in [2.75, 3.05) is 38.6 Å². The van der Waals surface area contributed by atoms with E-state index in [0.717, 1.165) is 37.6 Å². The maximum absolute atomic E-state index is 6.20. The van der Waals surface area contributed by atoms with Crippen molar-refractivity contribution < 1.29 is 0 Å². The van der Waals surface area contributed by atoms with Gasteiger partial charge in [0.25, 0.3) is 0 Å². The van der Waals surface area contributed by atoms with Gasteiger partial charge in [-0.2, -0.15) is 0 Å². The quantitative estimate of drug-likeness (QED) is 0.779. The van der Waals surface area contributed by atoms with Crippen LogP contribution >= 0.6 is 11.6 Å². The van der Waals surface area contributed by atoms with Crippen LogP contribution in [0.3, 0.4) is 0 Å². The molecule has 0 amide bonds. The Morgan fingerprint density at radius 1 is 1.38 bits per heavy atom. The molecule has 3 nitrogen and oxygen atoms in total. The SMILES string of the molecule is CCCNCc1cc(Cl)ccc1N1CCCC1CN(C)C. The molecule has 4 heteroatoms. The molecule has 1 fully saturated rings. The molecule has 0 aliphatic carbocycles. The molecule has 1 N–H and O–H groups in total. The number of nitrogens with zero attached hydrogens (tertiary/aromatic N) is 2. The monoisotopic (exact) mass is 309 g/mol. The standard InChI is InChI=1S/C17H28ClN3/c1-4-9-19-12-14-11-15(18)7-8-17(14)21-10-5-6-16(21)13-20(2)3/h7-8,11,16,19H,4-6,9-10,12-13H2,1-3H3. The highest BCUT2D eigenvalue weighted by molar-refractivity contribution is 6.30. The zero-order valence-electron chi connectivity index (χ0n) is 13.5. The van der Waals surface area contributed by atoms with Crippen molar-refractivity contribution >= 4 is 17.3 Å². The van der Waals surface area contributed by atoms with Crippen molar-refractivity contribution in [1.82, 2.24) is 10.2 Å². The predicted octanol–water partition coefficient (Wildman–Crippen LogP) is 3.37. The molecule has 1 heterocycles. The van der Waals surface area contributed by atoms with E-state index in [2.05, 4.69) is 48.3 Å². The average molecular weight is 310 g/mol. The van der Waals surface area contributed by atoms with Crippen LogP contribution in [-0.4, -0.2) is 44.7 Å². The fourth-order valence-electron chi connectivity index (χ4n) is 3.14. The van der Waals surface area contributed by atoms with E-state index < -0.39 is 0 Å². The van der Waals surface area contributed by atoms with Gasteiger partial charge in [-0.3, -0.25) is 0 Å². The van der Waals surface area contributed by atoms with Gasteiger partial charge in [0.05, 0.1) is 0 Å². The molecule has 118 valence electrons. The lowest BCUT2D eigenvalue weighted by atomic mass is 10.1. The van der Waals surface area contributed by atoms with Gasteiger partial charge in [-0.1, -0.05) is 18.5 Å². The Kier molecular flexibility index (Phi) is 6.34. The highest BCUT2D eigenvalue weighted by Gasteiger charge is 2.26. The molecule has 21 heavy (non-hydrogen) atoms. The van der Waals surface area contributed by atoms with Gasteiger partial charge in [-0.25, -0.2) is 0 Å². The molecule has 0 spiro atoms. The van der Waals surface area contributed by atoms with E-state index in [-0.39, 0.29) is 0 Å². The normalized spacial score (nSPS) is 18.7. The maximum Gasteiger partial charge on any atom is 0.0417 e. The van der Waals surface area contributed by atoms with Gasteiger partial charge in [0, 0.05) is 36.4 Å². The van der Waals surface area contributed by atoms with Crippen LogP contribution in [0.4, 0.5) is 5.69 Å². The van der Waals surface area contributed by atoms with Crippen molar-refractivity contribution in [2.45, 2.75) is 38.8 Å². The second kappa shape index (κ2) is 8.02. The molecule has 1 aromatic carbocycles. The summed E-state index contributed by atoms with van der Waals surface area (Å²) in [7, 11) is 4.31. The summed E-state index contributed by atoms with van der Waals surface area (Å²) in [6.07, 6.45) is 3.72. The van der Waals surface area contributed by atoms with Crippen molar-refractivity contribution in [3.63, 3.8) is 0 Å². The lowest BCUT2D eigenvalue weighted by molar-refractivity contribution is 0.372. The van der Waals surface area contributed by atoms with Crippen molar-refractivity contribution in [2.24, 2.45) is 0 Å². The van der Waals surface area contributed by atoms with E-state index in [1.807, 2.05) is 6.07 Å². The first kappa shape index (κ1) is 16.6. The summed E-state index contributed by atoms with van der Waals surface area (Å²) >= 11 is 6.20. The molecular weight excluding hydrogens is 282 g/mol. The first-order valence-electron chi connectivity index (χ1n) is 8.02. The molecule has 0 saturated carbocycles. The Bertz CT molecular complexity index is 448. The lowest BCUT2D eigenvalue weighted by Crippen LogP contribution is -2.38. The largest absolute Gasteiger partial charge is 0.367 e. The Balaban J connectivity index is 2.16. The number of halogens is 1. The topological polar surface area (TPSA) is 18.5 Å². The molecule has 1 aliphatic heterocycles. The molecular formula is C17H28ClN3. The third-order valence-electron chi connectivity index (χ3n) is 4.05. The van der Waals surface area contributed by atoms with Crippen molar-refractivity contribution in [3.8, 4) is 0 Å². The van der Waals surface area contributed by atoms with E-state index in [9.17, 15) is 0 Å². The Morgan fingerprint density at radius 3 is 2.90 bits per heavy atom. The van der Waals surface area contributed by atoms with E-state index in [4.69, 9.17) is 11.6 Å². The van der Waals surface area contributed by atoms with E-state index >= 15 is 0 Å². The van der Waals surface area contributed by atoms with E-state index in [1.165, 1.54) is 24.1 Å². The maximum atomic E-state index is 6.20. The summed E-state index contributed by atoms with van der Waals surface area (Å²) in [6, 6.07) is 6.95. The summed E-state index contributed by atoms with van der Waals surface area (Å²) in [6.45, 7) is 6.41. The van der Waals surface area contributed by atoms with E-state index in [1.54, 1.807) is 0 Å². The minimum absolute atomic E-state index is 0.617. The van der Waals surface area contributed by atoms with Gasteiger partial charge in [0.15, 0.2) is 0 Å². The van der Waals surface area contributed by atoms with Crippen LogP contribution < -0.4 is 10.2 Å². The number of anilines is 1. The molecule has 1 aliphatic rings. The average Bonchev–Trinajstić information content (AvgIpc) is 2.86. The molecule has 1 aromatic rings. The molecule has 0 radical (unpaired) electrons. The number of hydrogen-bond donors (Lipinski definition) is 1. The lowest BCUT2D eigenvalue weighted by Gasteiger charge is -2.31. The van der Waals surface area contributed by atoms with Gasteiger partial charge in [0.2, 0.25) is 0 Å².